The average molecular weight is 164 g/mol. The van der Waals surface area contributed by atoms with Crippen LogP contribution in [-0.4, -0.2) is 29.3 Å². The van der Waals surface area contributed by atoms with Gasteiger partial charge in [0.15, 0.2) is 0 Å². The van der Waals surface area contributed by atoms with Crippen LogP contribution in [0.25, 0.3) is 0 Å². The SMILES string of the molecule is CC(C)N(C)C(=O)[C@H](C)Cl. The Kier molecular flexibility index (Phi) is 3.72. The van der Waals surface area contributed by atoms with Crippen molar-refractivity contribution in [2.45, 2.75) is 32.2 Å². The number of halogens is 1. The van der Waals surface area contributed by atoms with E-state index in [0.717, 1.165) is 0 Å². The van der Waals surface area contributed by atoms with E-state index in [1.807, 2.05) is 13.8 Å². The molecule has 1 atom stereocenters. The molecule has 0 radical (unpaired) electrons. The normalized spacial score (nSPS) is 13.4. The Morgan fingerprint density at radius 1 is 1.40 bits per heavy atom. The van der Waals surface area contributed by atoms with Crippen molar-refractivity contribution in [3.63, 3.8) is 0 Å². The summed E-state index contributed by atoms with van der Waals surface area (Å²) >= 11 is 5.58. The van der Waals surface area contributed by atoms with Gasteiger partial charge in [-0.1, -0.05) is 0 Å². The smallest absolute Gasteiger partial charge is 0.240 e. The Morgan fingerprint density at radius 2 is 1.80 bits per heavy atom. The summed E-state index contributed by atoms with van der Waals surface area (Å²) in [4.78, 5) is 12.7. The van der Waals surface area contributed by atoms with Gasteiger partial charge in [0.2, 0.25) is 5.91 Å². The average Bonchev–Trinajstić information content (AvgIpc) is 1.84. The number of alkyl halides is 1. The molecule has 0 heterocycles. The predicted octanol–water partition coefficient (Wildman–Crippen LogP) is 1.48. The van der Waals surface area contributed by atoms with E-state index < -0.39 is 5.38 Å². The fourth-order valence-corrected chi connectivity index (χ4v) is 0.689. The zero-order chi connectivity index (χ0) is 8.31. The van der Waals surface area contributed by atoms with Crippen LogP contribution < -0.4 is 0 Å². The van der Waals surface area contributed by atoms with E-state index in [0.29, 0.717) is 0 Å². The van der Waals surface area contributed by atoms with Crippen LogP contribution in [0.15, 0.2) is 0 Å². The third kappa shape index (κ3) is 2.56. The van der Waals surface area contributed by atoms with Gasteiger partial charge in [0, 0.05) is 13.1 Å². The number of rotatable bonds is 2. The second-order valence-electron chi connectivity index (χ2n) is 2.66. The molecule has 1 amide bonds. The first-order valence-corrected chi connectivity index (χ1v) is 3.81. The Balaban J connectivity index is 3.95. The summed E-state index contributed by atoms with van der Waals surface area (Å²) in [6.07, 6.45) is 0. The molecule has 0 aromatic heterocycles. The van der Waals surface area contributed by atoms with E-state index in [-0.39, 0.29) is 11.9 Å². The topological polar surface area (TPSA) is 20.3 Å². The van der Waals surface area contributed by atoms with E-state index in [2.05, 4.69) is 0 Å². The van der Waals surface area contributed by atoms with Gasteiger partial charge >= 0.3 is 0 Å². The van der Waals surface area contributed by atoms with E-state index in [9.17, 15) is 4.79 Å². The Labute approximate surface area is 67.2 Å². The number of hydrogen-bond donors (Lipinski definition) is 0. The highest BCUT2D eigenvalue weighted by Gasteiger charge is 2.16. The molecule has 0 aromatic rings. The largest absolute Gasteiger partial charge is 0.342 e. The maximum Gasteiger partial charge on any atom is 0.240 e. The third-order valence-corrected chi connectivity index (χ3v) is 1.65. The molecule has 60 valence electrons. The summed E-state index contributed by atoms with van der Waals surface area (Å²) in [6, 6.07) is 0.230. The van der Waals surface area contributed by atoms with Crippen LogP contribution in [0.1, 0.15) is 20.8 Å². The molecule has 0 aliphatic heterocycles. The number of hydrogen-bond acceptors (Lipinski definition) is 1. The maximum atomic E-state index is 11.1. The second kappa shape index (κ2) is 3.81. The van der Waals surface area contributed by atoms with Gasteiger partial charge in [-0.2, -0.15) is 0 Å². The minimum Gasteiger partial charge on any atom is -0.342 e. The highest BCUT2D eigenvalue weighted by atomic mass is 35.5. The molecule has 0 aliphatic rings. The summed E-state index contributed by atoms with van der Waals surface area (Å²) in [6.45, 7) is 5.59. The molecule has 0 saturated carbocycles. The van der Waals surface area contributed by atoms with Gasteiger partial charge < -0.3 is 4.90 Å². The Bertz CT molecular complexity index is 123. The fraction of sp³-hybridized carbons (Fsp3) is 0.857. The fourth-order valence-electron chi connectivity index (χ4n) is 0.535. The Morgan fingerprint density at radius 3 is 1.90 bits per heavy atom. The van der Waals surface area contributed by atoms with Gasteiger partial charge in [-0.25, -0.2) is 0 Å². The van der Waals surface area contributed by atoms with Crippen molar-refractivity contribution < 1.29 is 4.79 Å². The van der Waals surface area contributed by atoms with Gasteiger partial charge in [-0.05, 0) is 20.8 Å². The molecule has 0 fully saturated rings. The van der Waals surface area contributed by atoms with E-state index >= 15 is 0 Å². The number of carbonyl (C=O) groups is 1. The van der Waals surface area contributed by atoms with Gasteiger partial charge in [0.05, 0.1) is 0 Å². The lowest BCUT2D eigenvalue weighted by molar-refractivity contribution is -0.130. The minimum atomic E-state index is -0.410. The molecule has 3 heteroatoms. The van der Waals surface area contributed by atoms with E-state index in [4.69, 9.17) is 11.6 Å². The molecular formula is C7H14ClNO. The van der Waals surface area contributed by atoms with Crippen LogP contribution in [0.5, 0.6) is 0 Å². The monoisotopic (exact) mass is 163 g/mol. The zero-order valence-corrected chi connectivity index (χ0v) is 7.64. The molecule has 0 aromatic carbocycles. The third-order valence-electron chi connectivity index (χ3n) is 1.46. The lowest BCUT2D eigenvalue weighted by atomic mass is 10.3. The van der Waals surface area contributed by atoms with Crippen LogP contribution in [0.4, 0.5) is 0 Å². The molecule has 0 N–H and O–H groups in total. The van der Waals surface area contributed by atoms with Crippen molar-refractivity contribution in [3.8, 4) is 0 Å². The minimum absolute atomic E-state index is 0.0170. The molecule has 0 rings (SSSR count). The van der Waals surface area contributed by atoms with Crippen LogP contribution >= 0.6 is 11.6 Å². The summed E-state index contributed by atoms with van der Waals surface area (Å²) in [7, 11) is 1.76. The van der Waals surface area contributed by atoms with Crippen LogP contribution in [0.2, 0.25) is 0 Å². The molecule has 2 nitrogen and oxygen atoms in total. The molecule has 0 spiro atoms. The van der Waals surface area contributed by atoms with Crippen LogP contribution in [0.3, 0.4) is 0 Å². The molecule has 10 heavy (non-hydrogen) atoms. The number of nitrogens with zero attached hydrogens (tertiary/aromatic N) is 1. The van der Waals surface area contributed by atoms with E-state index in [1.165, 1.54) is 0 Å². The Hall–Kier alpha value is -0.240. The van der Waals surface area contributed by atoms with Crippen molar-refractivity contribution in [1.29, 1.82) is 0 Å². The summed E-state index contributed by atoms with van der Waals surface area (Å²) in [5.41, 5.74) is 0. The molecule has 0 unspecified atom stereocenters. The zero-order valence-electron chi connectivity index (χ0n) is 6.89. The first kappa shape index (κ1) is 9.76. The first-order valence-electron chi connectivity index (χ1n) is 3.37. The highest BCUT2D eigenvalue weighted by Crippen LogP contribution is 2.02. The van der Waals surface area contributed by atoms with Gasteiger partial charge in [0.25, 0.3) is 0 Å². The highest BCUT2D eigenvalue weighted by molar-refractivity contribution is 6.30. The van der Waals surface area contributed by atoms with E-state index in [1.54, 1.807) is 18.9 Å². The molecule has 0 aliphatic carbocycles. The standard InChI is InChI=1S/C7H14ClNO/c1-5(2)9(4)7(10)6(3)8/h5-6H,1-4H3/t6-/m0/s1. The van der Waals surface area contributed by atoms with Crippen molar-refractivity contribution in [3.05, 3.63) is 0 Å². The lowest BCUT2D eigenvalue weighted by Gasteiger charge is -2.22. The summed E-state index contributed by atoms with van der Waals surface area (Å²) in [5.74, 6) is -0.0170. The lowest BCUT2D eigenvalue weighted by Crippen LogP contribution is -2.37. The number of carbonyl (C=O) groups excluding carboxylic acids is 1. The second-order valence-corrected chi connectivity index (χ2v) is 3.31. The summed E-state index contributed by atoms with van der Waals surface area (Å²) in [5, 5.41) is -0.410. The van der Waals surface area contributed by atoms with Crippen LogP contribution in [0, 0.1) is 0 Å². The quantitative estimate of drug-likeness (QED) is 0.565. The van der Waals surface area contributed by atoms with Gasteiger partial charge in [0.1, 0.15) is 5.38 Å². The van der Waals surface area contributed by atoms with Gasteiger partial charge in [-0.15, -0.1) is 11.6 Å². The predicted molar refractivity (Wildman–Crippen MR) is 43.2 cm³/mol. The first-order chi connectivity index (χ1) is 4.46. The molecular weight excluding hydrogens is 150 g/mol. The molecule has 0 saturated heterocycles. The number of amides is 1. The molecule has 0 bridgehead atoms. The van der Waals surface area contributed by atoms with Crippen LogP contribution in [-0.2, 0) is 4.79 Å². The maximum absolute atomic E-state index is 11.1. The van der Waals surface area contributed by atoms with Crippen molar-refractivity contribution in [2.24, 2.45) is 0 Å². The summed E-state index contributed by atoms with van der Waals surface area (Å²) < 4.78 is 0. The van der Waals surface area contributed by atoms with Crippen molar-refractivity contribution >= 4 is 17.5 Å². The van der Waals surface area contributed by atoms with Crippen molar-refractivity contribution in [1.82, 2.24) is 4.90 Å². The van der Waals surface area contributed by atoms with Gasteiger partial charge in [-0.3, -0.25) is 4.79 Å². The van der Waals surface area contributed by atoms with Crippen molar-refractivity contribution in [2.75, 3.05) is 7.05 Å².